The second-order valence-corrected chi connectivity index (χ2v) is 10.6. The summed E-state index contributed by atoms with van der Waals surface area (Å²) in [7, 11) is -3.07. The van der Waals surface area contributed by atoms with Crippen molar-refractivity contribution in [3.63, 3.8) is 0 Å². The number of aromatic nitrogens is 2. The Morgan fingerprint density at radius 3 is 2.67 bits per heavy atom. The van der Waals surface area contributed by atoms with E-state index in [0.29, 0.717) is 30.1 Å². The number of rotatable bonds is 9. The third kappa shape index (κ3) is 5.85. The second kappa shape index (κ2) is 9.51. The van der Waals surface area contributed by atoms with E-state index in [1.807, 2.05) is 6.92 Å². The number of esters is 1. The molecule has 10 heteroatoms. The van der Waals surface area contributed by atoms with E-state index in [9.17, 15) is 18.0 Å². The number of carbonyl (C=O) groups excluding carboxylic acids is 2. The van der Waals surface area contributed by atoms with Gasteiger partial charge in [0.05, 0.1) is 23.2 Å². The number of carbonyl (C=O) groups is 2. The fraction of sp³-hybridized carbons (Fsp3) is 0.650. The van der Waals surface area contributed by atoms with Crippen LogP contribution in [-0.2, 0) is 24.2 Å². The SMILES string of the molecule is CCCN(CC1CC1)C(=O)COC(=O)/C=C/c1c(C)nn(C2CCS(=O)(=O)C2)c1Cl. The Hall–Kier alpha value is -1.87. The molecule has 1 atom stereocenters. The molecule has 2 fully saturated rings. The maximum Gasteiger partial charge on any atom is 0.331 e. The van der Waals surface area contributed by atoms with Gasteiger partial charge >= 0.3 is 5.97 Å². The average molecular weight is 458 g/mol. The lowest BCUT2D eigenvalue weighted by Crippen LogP contribution is -2.36. The Morgan fingerprint density at radius 2 is 2.07 bits per heavy atom. The average Bonchev–Trinajstić information content (AvgIpc) is 3.37. The Bertz CT molecular complexity index is 936. The summed E-state index contributed by atoms with van der Waals surface area (Å²) in [5.74, 6) is -0.120. The first kappa shape index (κ1) is 22.8. The van der Waals surface area contributed by atoms with Crippen molar-refractivity contribution in [2.24, 2.45) is 5.92 Å². The lowest BCUT2D eigenvalue weighted by atomic mass is 10.2. The fourth-order valence-electron chi connectivity index (χ4n) is 3.56. The minimum atomic E-state index is -3.07. The van der Waals surface area contributed by atoms with E-state index in [4.69, 9.17) is 16.3 Å². The summed E-state index contributed by atoms with van der Waals surface area (Å²) < 4.78 is 30.1. The highest BCUT2D eigenvalue weighted by atomic mass is 35.5. The van der Waals surface area contributed by atoms with Crippen LogP contribution >= 0.6 is 11.6 Å². The number of ether oxygens (including phenoxy) is 1. The molecule has 2 heterocycles. The van der Waals surface area contributed by atoms with Gasteiger partial charge in [0.25, 0.3) is 5.91 Å². The van der Waals surface area contributed by atoms with Crippen LogP contribution in [0.1, 0.15) is 49.9 Å². The normalized spacial score (nSPS) is 20.6. The zero-order chi connectivity index (χ0) is 21.9. The van der Waals surface area contributed by atoms with Crippen LogP contribution in [0, 0.1) is 12.8 Å². The van der Waals surface area contributed by atoms with Crippen LogP contribution in [-0.4, -0.2) is 66.2 Å². The van der Waals surface area contributed by atoms with E-state index in [2.05, 4.69) is 5.10 Å². The van der Waals surface area contributed by atoms with Crippen molar-refractivity contribution >= 4 is 39.4 Å². The topological polar surface area (TPSA) is 98.6 Å². The van der Waals surface area contributed by atoms with Gasteiger partial charge in [-0.15, -0.1) is 0 Å². The number of aryl methyl sites for hydroxylation is 1. The quantitative estimate of drug-likeness (QED) is 0.417. The molecular formula is C20H28ClN3O5S. The van der Waals surface area contributed by atoms with Crippen LogP contribution in [0.3, 0.4) is 0 Å². The first-order valence-corrected chi connectivity index (χ1v) is 12.5. The molecule has 0 spiro atoms. The molecule has 1 unspecified atom stereocenters. The zero-order valence-electron chi connectivity index (χ0n) is 17.3. The standard InChI is InChI=1S/C20H28ClN3O5S/c1-3-9-23(11-15-4-5-15)18(25)12-29-19(26)7-6-17-14(2)22-24(20(17)21)16-8-10-30(27,28)13-16/h6-7,15-16H,3-5,8-13H2,1-2H3/b7-6+. The smallest absolute Gasteiger partial charge is 0.331 e. The molecule has 1 amide bonds. The summed E-state index contributed by atoms with van der Waals surface area (Å²) in [5.41, 5.74) is 1.12. The molecule has 1 aromatic rings. The van der Waals surface area contributed by atoms with Crippen LogP contribution in [0.5, 0.6) is 0 Å². The van der Waals surface area contributed by atoms with E-state index in [1.54, 1.807) is 11.8 Å². The molecule has 1 aromatic heterocycles. The van der Waals surface area contributed by atoms with Gasteiger partial charge in [-0.1, -0.05) is 18.5 Å². The van der Waals surface area contributed by atoms with Crippen LogP contribution in [0.4, 0.5) is 0 Å². The molecule has 0 N–H and O–H groups in total. The maximum atomic E-state index is 12.3. The van der Waals surface area contributed by atoms with E-state index in [1.165, 1.54) is 16.8 Å². The van der Waals surface area contributed by atoms with Gasteiger partial charge < -0.3 is 9.64 Å². The van der Waals surface area contributed by atoms with Crippen LogP contribution in [0.25, 0.3) is 6.08 Å². The zero-order valence-corrected chi connectivity index (χ0v) is 18.9. The van der Waals surface area contributed by atoms with E-state index >= 15 is 0 Å². The molecule has 1 saturated carbocycles. The van der Waals surface area contributed by atoms with Gasteiger partial charge in [0.1, 0.15) is 5.15 Å². The molecule has 0 radical (unpaired) electrons. The van der Waals surface area contributed by atoms with Crippen LogP contribution in [0.2, 0.25) is 5.15 Å². The van der Waals surface area contributed by atoms with Crippen molar-refractivity contribution in [3.8, 4) is 0 Å². The Kier molecular flexibility index (Phi) is 7.23. The van der Waals surface area contributed by atoms with Gasteiger partial charge in [0.2, 0.25) is 0 Å². The predicted molar refractivity (Wildman–Crippen MR) is 114 cm³/mol. The molecule has 1 aliphatic carbocycles. The highest BCUT2D eigenvalue weighted by Gasteiger charge is 2.32. The molecule has 8 nitrogen and oxygen atoms in total. The van der Waals surface area contributed by atoms with Gasteiger partial charge in [-0.25, -0.2) is 17.9 Å². The maximum absolute atomic E-state index is 12.3. The summed E-state index contributed by atoms with van der Waals surface area (Å²) in [5, 5.41) is 4.63. The molecule has 2 aliphatic rings. The number of halogens is 1. The number of hydrogen-bond acceptors (Lipinski definition) is 6. The van der Waals surface area contributed by atoms with Crippen molar-refractivity contribution in [2.75, 3.05) is 31.2 Å². The molecule has 3 rings (SSSR count). The van der Waals surface area contributed by atoms with E-state index in [0.717, 1.165) is 25.8 Å². The summed E-state index contributed by atoms with van der Waals surface area (Å²) in [6.45, 7) is 4.84. The van der Waals surface area contributed by atoms with Gasteiger partial charge in [-0.3, -0.25) is 4.79 Å². The monoisotopic (exact) mass is 457 g/mol. The van der Waals surface area contributed by atoms with Gasteiger partial charge in [0, 0.05) is 24.7 Å². The minimum Gasteiger partial charge on any atom is -0.452 e. The molecule has 0 aromatic carbocycles. The Balaban J connectivity index is 1.57. The van der Waals surface area contributed by atoms with Crippen molar-refractivity contribution in [3.05, 3.63) is 22.5 Å². The molecule has 1 saturated heterocycles. The predicted octanol–water partition coefficient (Wildman–Crippen LogP) is 2.41. The number of amides is 1. The highest BCUT2D eigenvalue weighted by Crippen LogP contribution is 2.31. The van der Waals surface area contributed by atoms with Crippen molar-refractivity contribution in [2.45, 2.75) is 45.6 Å². The molecule has 0 bridgehead atoms. The van der Waals surface area contributed by atoms with Crippen molar-refractivity contribution in [1.82, 2.24) is 14.7 Å². The third-order valence-corrected chi connectivity index (χ3v) is 7.50. The summed E-state index contributed by atoms with van der Waals surface area (Å²) in [4.78, 5) is 26.2. The summed E-state index contributed by atoms with van der Waals surface area (Å²) >= 11 is 6.39. The first-order chi connectivity index (χ1) is 14.2. The van der Waals surface area contributed by atoms with Gasteiger partial charge in [-0.05, 0) is 44.6 Å². The third-order valence-electron chi connectivity index (χ3n) is 5.37. The second-order valence-electron chi connectivity index (χ2n) is 8.02. The van der Waals surface area contributed by atoms with E-state index < -0.39 is 15.8 Å². The van der Waals surface area contributed by atoms with Gasteiger partial charge in [0.15, 0.2) is 16.4 Å². The fourth-order valence-corrected chi connectivity index (χ4v) is 5.62. The van der Waals surface area contributed by atoms with Crippen LogP contribution < -0.4 is 0 Å². The number of nitrogens with zero attached hydrogens (tertiary/aromatic N) is 3. The minimum absolute atomic E-state index is 0.0102. The number of hydrogen-bond donors (Lipinski definition) is 0. The first-order valence-electron chi connectivity index (χ1n) is 10.3. The largest absolute Gasteiger partial charge is 0.452 e. The molecular weight excluding hydrogens is 430 g/mol. The van der Waals surface area contributed by atoms with Crippen molar-refractivity contribution in [1.29, 1.82) is 0 Å². The Morgan fingerprint density at radius 1 is 1.33 bits per heavy atom. The lowest BCUT2D eigenvalue weighted by molar-refractivity contribution is -0.148. The highest BCUT2D eigenvalue weighted by molar-refractivity contribution is 7.91. The van der Waals surface area contributed by atoms with Crippen molar-refractivity contribution < 1.29 is 22.7 Å². The molecule has 1 aliphatic heterocycles. The summed E-state index contributed by atoms with van der Waals surface area (Å²) in [6, 6.07) is -0.302. The summed E-state index contributed by atoms with van der Waals surface area (Å²) in [6.07, 6.45) is 6.32. The Labute approximate surface area is 182 Å². The van der Waals surface area contributed by atoms with E-state index in [-0.39, 0.29) is 35.2 Å². The molecule has 30 heavy (non-hydrogen) atoms. The lowest BCUT2D eigenvalue weighted by Gasteiger charge is -2.21. The van der Waals surface area contributed by atoms with Crippen LogP contribution in [0.15, 0.2) is 6.08 Å². The molecule has 166 valence electrons. The van der Waals surface area contributed by atoms with Gasteiger partial charge in [-0.2, -0.15) is 5.10 Å². The number of sulfone groups is 1.